The number of rotatable bonds is 7. The number of pyridine rings is 1. The first-order chi connectivity index (χ1) is 13.3. The van der Waals surface area contributed by atoms with E-state index in [4.69, 9.17) is 23.2 Å². The smallest absolute Gasteiger partial charge is 0.224 e. The lowest BCUT2D eigenvalue weighted by Crippen LogP contribution is -2.14. The van der Waals surface area contributed by atoms with Crippen molar-refractivity contribution in [2.75, 3.05) is 11.1 Å². The van der Waals surface area contributed by atoms with Gasteiger partial charge >= 0.3 is 0 Å². The lowest BCUT2D eigenvalue weighted by Gasteiger charge is -2.08. The van der Waals surface area contributed by atoms with Gasteiger partial charge in [-0.1, -0.05) is 48.8 Å². The monoisotopic (exact) mass is 436 g/mol. The largest absolute Gasteiger partial charge is 0.326 e. The second-order valence-corrected chi connectivity index (χ2v) is 8.40. The maximum atomic E-state index is 12.5. The second kappa shape index (κ2) is 8.94. The highest BCUT2D eigenvalue weighted by atomic mass is 35.5. The number of carbonyl (C=O) groups excluding carboxylic acids is 2. The summed E-state index contributed by atoms with van der Waals surface area (Å²) in [5.41, 5.74) is 1.71. The number of aromatic nitrogens is 3. The first-order valence-electron chi connectivity index (χ1n) is 8.59. The lowest BCUT2D eigenvalue weighted by molar-refractivity contribution is -0.116. The molecule has 146 valence electrons. The van der Waals surface area contributed by atoms with E-state index in [1.807, 2.05) is 13.8 Å². The molecule has 6 nitrogen and oxygen atoms in total. The van der Waals surface area contributed by atoms with E-state index in [1.54, 1.807) is 40.9 Å². The maximum Gasteiger partial charge on any atom is 0.224 e. The van der Waals surface area contributed by atoms with Gasteiger partial charge in [-0.15, -0.1) is 10.2 Å². The molecule has 0 unspecified atom stereocenters. The molecule has 3 rings (SSSR count). The number of benzene rings is 1. The SMILES string of the molecule is CC(C)CC(=O)Nc1ccc(C(=O)CSc2nnc3c(Cl)cc(Cl)cn23)cc1. The first-order valence-corrected chi connectivity index (χ1v) is 10.3. The fourth-order valence-electron chi connectivity index (χ4n) is 2.54. The standard InChI is InChI=1S/C19H18Cl2N4O2S/c1-11(2)7-17(27)22-14-5-3-12(4-6-14)16(26)10-28-19-24-23-18-15(21)8-13(20)9-25(18)19/h3-6,8-9,11H,7,10H2,1-2H3,(H,22,27). The number of ketones is 1. The lowest BCUT2D eigenvalue weighted by atomic mass is 10.1. The van der Waals surface area contributed by atoms with E-state index < -0.39 is 0 Å². The summed E-state index contributed by atoms with van der Waals surface area (Å²) in [6.45, 7) is 3.97. The molecule has 1 N–H and O–H groups in total. The fraction of sp³-hybridized carbons (Fsp3) is 0.263. The van der Waals surface area contributed by atoms with Crippen LogP contribution in [0.15, 0.2) is 41.7 Å². The molecule has 0 aliphatic carbocycles. The van der Waals surface area contributed by atoms with Crippen LogP contribution in [0.25, 0.3) is 5.65 Å². The zero-order valence-corrected chi connectivity index (χ0v) is 17.6. The third-order valence-corrected chi connectivity index (χ3v) is 5.24. The molecular formula is C19H18Cl2N4O2S. The van der Waals surface area contributed by atoms with Crippen LogP contribution in [0.3, 0.4) is 0 Å². The van der Waals surface area contributed by atoms with Crippen molar-refractivity contribution in [2.45, 2.75) is 25.4 Å². The molecule has 0 aliphatic heterocycles. The number of Topliss-reactive ketones (excluding diaryl/α,β-unsaturated/α-hetero) is 1. The van der Waals surface area contributed by atoms with Crippen LogP contribution in [-0.2, 0) is 4.79 Å². The third-order valence-electron chi connectivity index (χ3n) is 3.81. The summed E-state index contributed by atoms with van der Waals surface area (Å²) in [6.07, 6.45) is 2.11. The number of carbonyl (C=O) groups is 2. The molecule has 2 aromatic heterocycles. The van der Waals surface area contributed by atoms with E-state index in [0.717, 1.165) is 0 Å². The van der Waals surface area contributed by atoms with Crippen LogP contribution in [0, 0.1) is 5.92 Å². The van der Waals surface area contributed by atoms with Gasteiger partial charge in [-0.2, -0.15) is 0 Å². The number of nitrogens with one attached hydrogen (secondary N) is 1. The Labute approximate surface area is 176 Å². The number of halogens is 2. The molecule has 1 amide bonds. The van der Waals surface area contributed by atoms with Gasteiger partial charge in [-0.25, -0.2) is 0 Å². The minimum Gasteiger partial charge on any atom is -0.326 e. The number of hydrogen-bond donors (Lipinski definition) is 1. The Balaban J connectivity index is 1.63. The molecule has 0 saturated carbocycles. The van der Waals surface area contributed by atoms with Crippen molar-refractivity contribution in [1.29, 1.82) is 0 Å². The number of amides is 1. The maximum absolute atomic E-state index is 12.5. The predicted molar refractivity (Wildman–Crippen MR) is 113 cm³/mol. The van der Waals surface area contributed by atoms with Crippen LogP contribution in [0.4, 0.5) is 5.69 Å². The molecule has 0 fully saturated rings. The summed E-state index contributed by atoms with van der Waals surface area (Å²) < 4.78 is 1.66. The van der Waals surface area contributed by atoms with Crippen molar-refractivity contribution in [3.05, 3.63) is 52.1 Å². The van der Waals surface area contributed by atoms with E-state index in [-0.39, 0.29) is 23.4 Å². The number of anilines is 1. The van der Waals surface area contributed by atoms with Crippen LogP contribution in [-0.4, -0.2) is 32.0 Å². The van der Waals surface area contributed by atoms with Crippen molar-refractivity contribution >= 4 is 58.0 Å². The van der Waals surface area contributed by atoms with Crippen LogP contribution in [0.5, 0.6) is 0 Å². The highest BCUT2D eigenvalue weighted by molar-refractivity contribution is 7.99. The zero-order valence-electron chi connectivity index (χ0n) is 15.3. The van der Waals surface area contributed by atoms with E-state index in [2.05, 4.69) is 15.5 Å². The third kappa shape index (κ3) is 5.04. The summed E-state index contributed by atoms with van der Waals surface area (Å²) in [5, 5.41) is 12.3. The zero-order chi connectivity index (χ0) is 20.3. The summed E-state index contributed by atoms with van der Waals surface area (Å²) in [5.74, 6) is 0.371. The Hall–Kier alpha value is -2.09. The average molecular weight is 437 g/mol. The van der Waals surface area contributed by atoms with Gasteiger partial charge in [0.05, 0.1) is 15.8 Å². The Morgan fingerprint density at radius 2 is 1.89 bits per heavy atom. The van der Waals surface area contributed by atoms with Gasteiger partial charge in [0.1, 0.15) is 0 Å². The van der Waals surface area contributed by atoms with Gasteiger partial charge in [0, 0.05) is 23.9 Å². The Morgan fingerprint density at radius 1 is 1.18 bits per heavy atom. The molecule has 0 atom stereocenters. The van der Waals surface area contributed by atoms with E-state index in [9.17, 15) is 9.59 Å². The van der Waals surface area contributed by atoms with Crippen LogP contribution < -0.4 is 5.32 Å². The number of thioether (sulfide) groups is 1. The van der Waals surface area contributed by atoms with Crippen molar-refractivity contribution in [1.82, 2.24) is 14.6 Å². The summed E-state index contributed by atoms with van der Waals surface area (Å²) in [6, 6.07) is 8.44. The van der Waals surface area contributed by atoms with Crippen molar-refractivity contribution in [3.8, 4) is 0 Å². The van der Waals surface area contributed by atoms with Gasteiger partial charge in [0.15, 0.2) is 16.6 Å². The first kappa shape index (κ1) is 20.6. The minimum atomic E-state index is -0.0602. The molecule has 0 bridgehead atoms. The molecule has 9 heteroatoms. The van der Waals surface area contributed by atoms with E-state index >= 15 is 0 Å². The quantitative estimate of drug-likeness (QED) is 0.416. The predicted octanol–water partition coefficient (Wildman–Crippen LogP) is 5.00. The van der Waals surface area contributed by atoms with Crippen LogP contribution in [0.2, 0.25) is 10.0 Å². The number of nitrogens with zero attached hydrogens (tertiary/aromatic N) is 3. The fourth-order valence-corrected chi connectivity index (χ4v) is 3.85. The van der Waals surface area contributed by atoms with Crippen molar-refractivity contribution in [2.24, 2.45) is 5.92 Å². The van der Waals surface area contributed by atoms with Gasteiger partial charge in [0.25, 0.3) is 0 Å². The molecule has 0 spiro atoms. The van der Waals surface area contributed by atoms with Crippen molar-refractivity contribution < 1.29 is 9.59 Å². The molecule has 28 heavy (non-hydrogen) atoms. The molecule has 0 radical (unpaired) electrons. The molecule has 3 aromatic rings. The average Bonchev–Trinajstić information content (AvgIpc) is 3.02. The minimum absolute atomic E-state index is 0.0411. The van der Waals surface area contributed by atoms with Crippen molar-refractivity contribution in [3.63, 3.8) is 0 Å². The van der Waals surface area contributed by atoms with Gasteiger partial charge in [0.2, 0.25) is 5.91 Å². The highest BCUT2D eigenvalue weighted by Crippen LogP contribution is 2.25. The molecule has 1 aromatic carbocycles. The molecular weight excluding hydrogens is 419 g/mol. The second-order valence-electron chi connectivity index (χ2n) is 6.62. The number of hydrogen-bond acceptors (Lipinski definition) is 5. The normalized spacial score (nSPS) is 11.2. The van der Waals surface area contributed by atoms with E-state index in [0.29, 0.717) is 38.5 Å². The summed E-state index contributed by atoms with van der Waals surface area (Å²) >= 11 is 13.4. The van der Waals surface area contributed by atoms with E-state index in [1.165, 1.54) is 11.8 Å². The molecule has 0 saturated heterocycles. The summed E-state index contributed by atoms with van der Waals surface area (Å²) in [4.78, 5) is 24.3. The van der Waals surface area contributed by atoms with Crippen LogP contribution in [0.1, 0.15) is 30.6 Å². The number of fused-ring (bicyclic) bond motifs is 1. The topological polar surface area (TPSA) is 76.4 Å². The van der Waals surface area contributed by atoms with Crippen LogP contribution >= 0.6 is 35.0 Å². The Kier molecular flexibility index (Phi) is 6.59. The summed E-state index contributed by atoms with van der Waals surface area (Å²) in [7, 11) is 0. The van der Waals surface area contributed by atoms with Gasteiger partial charge in [-0.3, -0.25) is 14.0 Å². The molecule has 2 heterocycles. The van der Waals surface area contributed by atoms with Gasteiger partial charge < -0.3 is 5.32 Å². The highest BCUT2D eigenvalue weighted by Gasteiger charge is 2.14. The Bertz CT molecular complexity index is 1020. The Morgan fingerprint density at radius 3 is 2.57 bits per heavy atom. The molecule has 0 aliphatic rings. The van der Waals surface area contributed by atoms with Gasteiger partial charge in [-0.05, 0) is 36.2 Å².